The normalized spacial score (nSPS) is 17.7. The number of benzene rings is 2. The number of likely N-dealkylation sites (tertiary alicyclic amines) is 1. The summed E-state index contributed by atoms with van der Waals surface area (Å²) in [5, 5.41) is 11.1. The molecule has 0 aromatic heterocycles. The Balaban J connectivity index is 2.04. The molecular weight excluding hydrogens is 416 g/mol. The molecule has 0 spiro atoms. The Morgan fingerprint density at radius 1 is 1.09 bits per heavy atom. The average molecular weight is 451 g/mol. The minimum atomic E-state index is -0.664. The number of aliphatic hydroxyl groups is 1. The zero-order chi connectivity index (χ0) is 24.0. The van der Waals surface area contributed by atoms with Crippen LogP contribution in [0, 0.1) is 6.92 Å². The van der Waals surface area contributed by atoms with Crippen LogP contribution in [-0.4, -0.2) is 60.4 Å². The number of rotatable bonds is 10. The number of carbonyl (C=O) groups excluding carboxylic acids is 2. The molecule has 6 nitrogen and oxygen atoms in total. The van der Waals surface area contributed by atoms with Gasteiger partial charge in [0, 0.05) is 12.1 Å². The summed E-state index contributed by atoms with van der Waals surface area (Å²) in [6.45, 7) is 5.86. The number of ketones is 1. The summed E-state index contributed by atoms with van der Waals surface area (Å²) >= 11 is 0. The zero-order valence-corrected chi connectivity index (χ0v) is 20.0. The molecule has 1 aliphatic rings. The van der Waals surface area contributed by atoms with Crippen molar-refractivity contribution in [2.24, 2.45) is 0 Å². The summed E-state index contributed by atoms with van der Waals surface area (Å²) in [7, 11) is 3.94. The van der Waals surface area contributed by atoms with Crippen molar-refractivity contribution in [3.8, 4) is 5.75 Å². The van der Waals surface area contributed by atoms with Gasteiger partial charge in [-0.05, 0) is 58.1 Å². The molecule has 2 aromatic carbocycles. The number of hydrogen-bond acceptors (Lipinski definition) is 5. The lowest BCUT2D eigenvalue weighted by molar-refractivity contribution is -0.139. The molecule has 3 rings (SSSR count). The van der Waals surface area contributed by atoms with Crippen LogP contribution in [0.15, 0.2) is 54.1 Å². The van der Waals surface area contributed by atoms with Crippen molar-refractivity contribution in [3.05, 3.63) is 70.8 Å². The Morgan fingerprint density at radius 3 is 2.48 bits per heavy atom. The first-order valence-corrected chi connectivity index (χ1v) is 11.6. The highest BCUT2D eigenvalue weighted by Crippen LogP contribution is 2.40. The van der Waals surface area contributed by atoms with Gasteiger partial charge in [0.1, 0.15) is 11.5 Å². The lowest BCUT2D eigenvalue weighted by Gasteiger charge is -2.26. The highest BCUT2D eigenvalue weighted by atomic mass is 16.5. The van der Waals surface area contributed by atoms with E-state index in [1.165, 1.54) is 0 Å². The van der Waals surface area contributed by atoms with Crippen LogP contribution in [-0.2, 0) is 9.59 Å². The summed E-state index contributed by atoms with van der Waals surface area (Å²) in [5.41, 5.74) is 2.44. The van der Waals surface area contributed by atoms with Crippen LogP contribution in [0.25, 0.3) is 5.76 Å². The first kappa shape index (κ1) is 24.5. The van der Waals surface area contributed by atoms with E-state index >= 15 is 0 Å². The number of unbranched alkanes of at least 4 members (excludes halogenated alkanes) is 1. The minimum Gasteiger partial charge on any atom is -0.507 e. The van der Waals surface area contributed by atoms with Gasteiger partial charge in [-0.3, -0.25) is 9.59 Å². The zero-order valence-electron chi connectivity index (χ0n) is 20.0. The van der Waals surface area contributed by atoms with Gasteiger partial charge in [-0.25, -0.2) is 0 Å². The van der Waals surface area contributed by atoms with Gasteiger partial charge in [0.2, 0.25) is 0 Å². The van der Waals surface area contributed by atoms with Gasteiger partial charge in [-0.2, -0.15) is 0 Å². The van der Waals surface area contributed by atoms with E-state index in [0.717, 1.165) is 30.5 Å². The van der Waals surface area contributed by atoms with E-state index in [2.05, 4.69) is 6.92 Å². The maximum absolute atomic E-state index is 13.1. The monoisotopic (exact) mass is 450 g/mol. The summed E-state index contributed by atoms with van der Waals surface area (Å²) in [6.07, 6.45) is 2.69. The number of Topliss-reactive ketones (excluding diaryl/α,β-unsaturated/α-hetero) is 1. The SMILES string of the molecule is CCCCOc1cccc(C2C(=C(O)c3ccc(C)cc3)C(=O)C(=O)N2CCCN(C)C)c1. The predicted molar refractivity (Wildman–Crippen MR) is 130 cm³/mol. The topological polar surface area (TPSA) is 70.1 Å². The summed E-state index contributed by atoms with van der Waals surface area (Å²) in [6, 6.07) is 14.1. The quantitative estimate of drug-likeness (QED) is 0.249. The van der Waals surface area contributed by atoms with Crippen molar-refractivity contribution in [2.45, 2.75) is 39.2 Å². The Labute approximate surface area is 196 Å². The van der Waals surface area contributed by atoms with E-state index in [1.54, 1.807) is 17.0 Å². The van der Waals surface area contributed by atoms with Crippen LogP contribution >= 0.6 is 0 Å². The molecule has 6 heteroatoms. The second kappa shape index (κ2) is 11.1. The van der Waals surface area contributed by atoms with Crippen LogP contribution in [0.2, 0.25) is 0 Å². The van der Waals surface area contributed by atoms with Crippen molar-refractivity contribution in [2.75, 3.05) is 33.8 Å². The third kappa shape index (κ3) is 5.82. The van der Waals surface area contributed by atoms with E-state index in [0.29, 0.717) is 30.9 Å². The maximum Gasteiger partial charge on any atom is 0.295 e. The van der Waals surface area contributed by atoms with Crippen molar-refractivity contribution in [1.29, 1.82) is 0 Å². The largest absolute Gasteiger partial charge is 0.507 e. The van der Waals surface area contributed by atoms with E-state index in [4.69, 9.17) is 4.74 Å². The third-order valence-corrected chi connectivity index (χ3v) is 5.81. The fraction of sp³-hybridized carbons (Fsp3) is 0.407. The molecule has 1 amide bonds. The number of amides is 1. The van der Waals surface area contributed by atoms with E-state index in [1.807, 2.05) is 62.3 Å². The predicted octanol–water partition coefficient (Wildman–Crippen LogP) is 4.55. The lowest BCUT2D eigenvalue weighted by Crippen LogP contribution is -2.32. The summed E-state index contributed by atoms with van der Waals surface area (Å²) in [4.78, 5) is 29.8. The smallest absolute Gasteiger partial charge is 0.295 e. The second-order valence-corrected chi connectivity index (χ2v) is 8.79. The maximum atomic E-state index is 13.1. The summed E-state index contributed by atoms with van der Waals surface area (Å²) in [5.74, 6) is -0.689. The number of ether oxygens (including phenoxy) is 1. The molecule has 1 atom stereocenters. The minimum absolute atomic E-state index is 0.124. The Bertz CT molecular complexity index is 1010. The van der Waals surface area contributed by atoms with Gasteiger partial charge in [0.25, 0.3) is 11.7 Å². The van der Waals surface area contributed by atoms with Crippen LogP contribution < -0.4 is 4.74 Å². The highest BCUT2D eigenvalue weighted by Gasteiger charge is 2.45. The van der Waals surface area contributed by atoms with Gasteiger partial charge < -0.3 is 19.6 Å². The first-order valence-electron chi connectivity index (χ1n) is 11.6. The van der Waals surface area contributed by atoms with Gasteiger partial charge in [-0.15, -0.1) is 0 Å². The number of hydrogen-bond donors (Lipinski definition) is 1. The highest BCUT2D eigenvalue weighted by molar-refractivity contribution is 6.46. The molecule has 0 aliphatic carbocycles. The molecule has 1 fully saturated rings. The van der Waals surface area contributed by atoms with Crippen molar-refractivity contribution in [1.82, 2.24) is 9.80 Å². The van der Waals surface area contributed by atoms with Gasteiger partial charge in [-0.1, -0.05) is 55.3 Å². The molecule has 1 unspecified atom stereocenters. The van der Waals surface area contributed by atoms with E-state index in [-0.39, 0.29) is 11.3 Å². The van der Waals surface area contributed by atoms with Crippen LogP contribution in [0.5, 0.6) is 5.75 Å². The molecule has 0 radical (unpaired) electrons. The molecular formula is C27H34N2O4. The molecule has 1 heterocycles. The average Bonchev–Trinajstić information content (AvgIpc) is 3.04. The van der Waals surface area contributed by atoms with E-state index < -0.39 is 17.7 Å². The molecule has 2 aromatic rings. The Hall–Kier alpha value is -3.12. The molecule has 33 heavy (non-hydrogen) atoms. The fourth-order valence-corrected chi connectivity index (χ4v) is 3.99. The fourth-order valence-electron chi connectivity index (χ4n) is 3.99. The van der Waals surface area contributed by atoms with Crippen molar-refractivity contribution >= 4 is 17.4 Å². The van der Waals surface area contributed by atoms with Crippen LogP contribution in [0.3, 0.4) is 0 Å². The summed E-state index contributed by atoms with van der Waals surface area (Å²) < 4.78 is 5.87. The second-order valence-electron chi connectivity index (χ2n) is 8.79. The first-order chi connectivity index (χ1) is 15.8. The van der Waals surface area contributed by atoms with E-state index in [9.17, 15) is 14.7 Å². The molecule has 1 saturated heterocycles. The van der Waals surface area contributed by atoms with Gasteiger partial charge in [0.15, 0.2) is 0 Å². The number of nitrogens with zero attached hydrogens (tertiary/aromatic N) is 2. The molecule has 0 saturated carbocycles. The van der Waals surface area contributed by atoms with Gasteiger partial charge in [0.05, 0.1) is 18.2 Å². The number of carbonyl (C=O) groups is 2. The van der Waals surface area contributed by atoms with Gasteiger partial charge >= 0.3 is 0 Å². The molecule has 0 bridgehead atoms. The lowest BCUT2D eigenvalue weighted by atomic mass is 9.95. The van der Waals surface area contributed by atoms with Crippen LogP contribution in [0.4, 0.5) is 0 Å². The third-order valence-electron chi connectivity index (χ3n) is 5.81. The van der Waals surface area contributed by atoms with Crippen molar-refractivity contribution < 1.29 is 19.4 Å². The molecule has 1 N–H and O–H groups in total. The van der Waals surface area contributed by atoms with Crippen LogP contribution in [0.1, 0.15) is 48.9 Å². The Kier molecular flexibility index (Phi) is 8.28. The standard InChI is InChI=1S/C27H34N2O4/c1-5-6-17-33-22-10-7-9-21(18-22)24-23(25(30)20-13-11-19(2)12-14-20)26(31)27(32)29(24)16-8-15-28(3)4/h7,9-14,18,24,30H,5-6,8,15-17H2,1-4H3. The number of aliphatic hydroxyl groups excluding tert-OH is 1. The Morgan fingerprint density at radius 2 is 1.82 bits per heavy atom. The van der Waals surface area contributed by atoms with Crippen molar-refractivity contribution in [3.63, 3.8) is 0 Å². The molecule has 1 aliphatic heterocycles. The molecule has 176 valence electrons. The number of aryl methyl sites for hydroxylation is 1.